The van der Waals surface area contributed by atoms with E-state index in [-0.39, 0.29) is 16.1 Å². The molecule has 0 radical (unpaired) electrons. The van der Waals surface area contributed by atoms with Gasteiger partial charge in [-0.2, -0.15) is 13.2 Å². The van der Waals surface area contributed by atoms with Gasteiger partial charge in [-0.1, -0.05) is 17.7 Å². The second-order valence-corrected chi connectivity index (χ2v) is 3.47. The number of nitrogens with two attached hydrogens (primary N) is 1. The molecule has 1 rings (SSSR count). The molecule has 0 bridgehead atoms. The monoisotopic (exact) mass is 253 g/mol. The molecule has 0 unspecified atom stereocenters. The number of aromatic carboxylic acids is 1. The number of carboxylic acids is 1. The van der Waals surface area contributed by atoms with Crippen LogP contribution in [0.4, 0.5) is 13.2 Å². The molecule has 0 aliphatic heterocycles. The Hall–Kier alpha value is -1.27. The number of hydrogen-bond donors (Lipinski definition) is 2. The molecule has 1 atom stereocenters. The highest BCUT2D eigenvalue weighted by atomic mass is 35.5. The third kappa shape index (κ3) is 2.65. The van der Waals surface area contributed by atoms with E-state index >= 15 is 0 Å². The summed E-state index contributed by atoms with van der Waals surface area (Å²) in [4.78, 5) is 10.6. The third-order valence-corrected chi connectivity index (χ3v) is 2.25. The van der Waals surface area contributed by atoms with Crippen molar-refractivity contribution >= 4 is 17.6 Å². The van der Waals surface area contributed by atoms with Crippen molar-refractivity contribution in [2.75, 3.05) is 0 Å². The van der Waals surface area contributed by atoms with Gasteiger partial charge < -0.3 is 10.8 Å². The molecular formula is C9H7ClF3NO2. The predicted octanol–water partition coefficient (Wildman–Crippen LogP) is 2.60. The molecule has 0 aromatic heterocycles. The average molecular weight is 254 g/mol. The van der Waals surface area contributed by atoms with Crippen LogP contribution in [0.15, 0.2) is 18.2 Å². The summed E-state index contributed by atoms with van der Waals surface area (Å²) < 4.78 is 36.7. The van der Waals surface area contributed by atoms with Gasteiger partial charge in [-0.05, 0) is 17.7 Å². The van der Waals surface area contributed by atoms with E-state index in [9.17, 15) is 18.0 Å². The Morgan fingerprint density at radius 2 is 2.00 bits per heavy atom. The Bertz CT molecular complexity index is 420. The van der Waals surface area contributed by atoms with Crippen molar-refractivity contribution in [2.45, 2.75) is 12.2 Å². The molecule has 0 amide bonds. The summed E-state index contributed by atoms with van der Waals surface area (Å²) in [6.45, 7) is 0. The van der Waals surface area contributed by atoms with E-state index in [1.54, 1.807) is 0 Å². The molecule has 0 heterocycles. The maximum atomic E-state index is 12.2. The van der Waals surface area contributed by atoms with Crippen molar-refractivity contribution in [2.24, 2.45) is 5.73 Å². The first-order valence-corrected chi connectivity index (χ1v) is 4.46. The second kappa shape index (κ2) is 4.31. The molecule has 3 N–H and O–H groups in total. The lowest BCUT2D eigenvalue weighted by Crippen LogP contribution is -2.28. The maximum absolute atomic E-state index is 12.2. The fraction of sp³-hybridized carbons (Fsp3) is 0.222. The molecule has 16 heavy (non-hydrogen) atoms. The lowest BCUT2D eigenvalue weighted by atomic mass is 10.1. The first-order chi connectivity index (χ1) is 7.23. The lowest BCUT2D eigenvalue weighted by molar-refractivity contribution is -0.149. The molecule has 1 aromatic carbocycles. The van der Waals surface area contributed by atoms with Gasteiger partial charge in [0, 0.05) is 0 Å². The standard InChI is InChI=1S/C9H7ClF3NO2/c10-6-3-4(7(14)9(11,12)13)1-2-5(6)8(15)16/h1-3,7H,14H2,(H,15,16)/t7-/m1/s1. The van der Waals surface area contributed by atoms with E-state index in [0.29, 0.717) is 0 Å². The Kier molecular flexibility index (Phi) is 3.44. The van der Waals surface area contributed by atoms with Crippen LogP contribution in [0.3, 0.4) is 0 Å². The lowest BCUT2D eigenvalue weighted by Gasteiger charge is -2.16. The quantitative estimate of drug-likeness (QED) is 0.851. The van der Waals surface area contributed by atoms with E-state index in [1.807, 2.05) is 0 Å². The molecule has 7 heteroatoms. The topological polar surface area (TPSA) is 63.3 Å². The van der Waals surface area contributed by atoms with Crippen molar-refractivity contribution < 1.29 is 23.1 Å². The van der Waals surface area contributed by atoms with Gasteiger partial charge in [-0.3, -0.25) is 0 Å². The molecule has 88 valence electrons. The highest BCUT2D eigenvalue weighted by molar-refractivity contribution is 6.33. The normalized spacial score (nSPS) is 13.6. The maximum Gasteiger partial charge on any atom is 0.407 e. The van der Waals surface area contributed by atoms with Crippen LogP contribution in [0, 0.1) is 0 Å². The summed E-state index contributed by atoms with van der Waals surface area (Å²) in [7, 11) is 0. The highest BCUT2D eigenvalue weighted by Crippen LogP contribution is 2.32. The molecular weight excluding hydrogens is 247 g/mol. The van der Waals surface area contributed by atoms with Crippen LogP contribution in [0.1, 0.15) is 22.0 Å². The van der Waals surface area contributed by atoms with Gasteiger partial charge >= 0.3 is 12.1 Å². The number of carboxylic acid groups (broad SMARTS) is 1. The van der Waals surface area contributed by atoms with E-state index < -0.39 is 18.2 Å². The molecule has 0 saturated carbocycles. The number of alkyl halides is 3. The molecule has 0 fully saturated rings. The van der Waals surface area contributed by atoms with Crippen molar-refractivity contribution in [1.29, 1.82) is 0 Å². The molecule has 0 saturated heterocycles. The Morgan fingerprint density at radius 3 is 2.38 bits per heavy atom. The van der Waals surface area contributed by atoms with Crippen molar-refractivity contribution in [3.8, 4) is 0 Å². The summed E-state index contributed by atoms with van der Waals surface area (Å²) in [6, 6.07) is 0.718. The van der Waals surface area contributed by atoms with Crippen LogP contribution in [0.2, 0.25) is 5.02 Å². The van der Waals surface area contributed by atoms with Gasteiger partial charge in [0.05, 0.1) is 10.6 Å². The first kappa shape index (κ1) is 12.8. The molecule has 0 aliphatic rings. The van der Waals surface area contributed by atoms with Crippen molar-refractivity contribution in [3.05, 3.63) is 34.3 Å². The van der Waals surface area contributed by atoms with Crippen LogP contribution in [-0.2, 0) is 0 Å². The zero-order chi connectivity index (χ0) is 12.5. The Labute approximate surface area is 93.6 Å². The van der Waals surface area contributed by atoms with E-state index in [1.165, 1.54) is 0 Å². The van der Waals surface area contributed by atoms with E-state index in [4.69, 9.17) is 22.4 Å². The van der Waals surface area contributed by atoms with Gasteiger partial charge in [0.1, 0.15) is 6.04 Å². The number of halogens is 4. The smallest absolute Gasteiger partial charge is 0.407 e. The minimum absolute atomic E-state index is 0.264. The van der Waals surface area contributed by atoms with Crippen molar-refractivity contribution in [1.82, 2.24) is 0 Å². The second-order valence-electron chi connectivity index (χ2n) is 3.06. The predicted molar refractivity (Wildman–Crippen MR) is 51.4 cm³/mol. The minimum atomic E-state index is -4.59. The van der Waals surface area contributed by atoms with Crippen LogP contribution < -0.4 is 5.73 Å². The number of rotatable bonds is 2. The van der Waals surface area contributed by atoms with Gasteiger partial charge in [0.25, 0.3) is 0 Å². The van der Waals surface area contributed by atoms with Crippen LogP contribution in [0.25, 0.3) is 0 Å². The van der Waals surface area contributed by atoms with Crippen LogP contribution >= 0.6 is 11.6 Å². The fourth-order valence-corrected chi connectivity index (χ4v) is 1.36. The van der Waals surface area contributed by atoms with Gasteiger partial charge in [0.15, 0.2) is 0 Å². The number of benzene rings is 1. The SMILES string of the molecule is N[C@H](c1ccc(C(=O)O)c(Cl)c1)C(F)(F)F. The summed E-state index contributed by atoms with van der Waals surface area (Å²) in [6.07, 6.45) is -4.59. The number of carbonyl (C=O) groups is 1. The molecule has 0 spiro atoms. The van der Waals surface area contributed by atoms with E-state index in [2.05, 4.69) is 0 Å². The first-order valence-electron chi connectivity index (χ1n) is 4.08. The average Bonchev–Trinajstić information content (AvgIpc) is 2.14. The van der Waals surface area contributed by atoms with Crippen LogP contribution in [0.5, 0.6) is 0 Å². The minimum Gasteiger partial charge on any atom is -0.478 e. The third-order valence-electron chi connectivity index (χ3n) is 1.94. The van der Waals surface area contributed by atoms with Gasteiger partial charge in [0.2, 0.25) is 0 Å². The fourth-order valence-electron chi connectivity index (χ4n) is 1.09. The molecule has 1 aromatic rings. The van der Waals surface area contributed by atoms with Gasteiger partial charge in [-0.15, -0.1) is 0 Å². The van der Waals surface area contributed by atoms with Crippen molar-refractivity contribution in [3.63, 3.8) is 0 Å². The van der Waals surface area contributed by atoms with Crippen LogP contribution in [-0.4, -0.2) is 17.3 Å². The van der Waals surface area contributed by atoms with Gasteiger partial charge in [-0.25, -0.2) is 4.79 Å². The molecule has 3 nitrogen and oxygen atoms in total. The molecule has 0 aliphatic carbocycles. The summed E-state index contributed by atoms with van der Waals surface area (Å²) in [5.41, 5.74) is 4.40. The number of hydrogen-bond acceptors (Lipinski definition) is 2. The highest BCUT2D eigenvalue weighted by Gasteiger charge is 2.38. The zero-order valence-corrected chi connectivity index (χ0v) is 8.51. The summed E-state index contributed by atoms with van der Waals surface area (Å²) >= 11 is 5.51. The zero-order valence-electron chi connectivity index (χ0n) is 7.75. The summed E-state index contributed by atoms with van der Waals surface area (Å²) in [5, 5.41) is 8.34. The Balaban J connectivity index is 3.11. The van der Waals surface area contributed by atoms with E-state index in [0.717, 1.165) is 18.2 Å². The largest absolute Gasteiger partial charge is 0.478 e. The summed E-state index contributed by atoms with van der Waals surface area (Å²) in [5.74, 6) is -1.31. The Morgan fingerprint density at radius 1 is 1.44 bits per heavy atom.